The van der Waals surface area contributed by atoms with E-state index in [-0.39, 0.29) is 30.0 Å². The molecule has 1 amide bonds. The van der Waals surface area contributed by atoms with Gasteiger partial charge < -0.3 is 15.0 Å². The van der Waals surface area contributed by atoms with Crippen LogP contribution in [0.1, 0.15) is 21.6 Å². The molecule has 0 unspecified atom stereocenters. The molecule has 4 aromatic rings. The number of anilines is 2. The molecule has 0 aliphatic carbocycles. The predicted molar refractivity (Wildman–Crippen MR) is 123 cm³/mol. The van der Waals surface area contributed by atoms with Gasteiger partial charge >= 0.3 is 0 Å². The van der Waals surface area contributed by atoms with Gasteiger partial charge in [0.1, 0.15) is 5.52 Å². The molecular formula is C23H21ClFN5O3. The summed E-state index contributed by atoms with van der Waals surface area (Å²) in [5, 5.41) is 12.2. The number of fused-ring (bicyclic) bond motifs is 1. The molecule has 0 bridgehead atoms. The van der Waals surface area contributed by atoms with E-state index < -0.39 is 11.7 Å². The second-order valence-electron chi connectivity index (χ2n) is 7.29. The summed E-state index contributed by atoms with van der Waals surface area (Å²) in [5.74, 6) is -1.41. The first kappa shape index (κ1) is 22.7. The molecule has 4 rings (SSSR count). The van der Waals surface area contributed by atoms with E-state index in [0.29, 0.717) is 22.8 Å². The minimum atomic E-state index is -0.712. The Morgan fingerprint density at radius 1 is 1.24 bits per heavy atom. The van der Waals surface area contributed by atoms with E-state index in [0.717, 1.165) is 11.3 Å². The van der Waals surface area contributed by atoms with Crippen LogP contribution < -0.4 is 10.8 Å². The van der Waals surface area contributed by atoms with Gasteiger partial charge in [-0.3, -0.25) is 14.6 Å². The Bertz CT molecular complexity index is 1300. The summed E-state index contributed by atoms with van der Waals surface area (Å²) in [7, 11) is 0. The lowest BCUT2D eigenvalue weighted by Gasteiger charge is -2.15. The highest BCUT2D eigenvalue weighted by Crippen LogP contribution is 2.33. The van der Waals surface area contributed by atoms with E-state index in [9.17, 15) is 4.79 Å². The first-order chi connectivity index (χ1) is 16.0. The molecule has 170 valence electrons. The third kappa shape index (κ3) is 4.95. The monoisotopic (exact) mass is 469 g/mol. The van der Waals surface area contributed by atoms with Crippen molar-refractivity contribution in [1.82, 2.24) is 20.0 Å². The predicted octanol–water partition coefficient (Wildman–Crippen LogP) is 3.98. The lowest BCUT2D eigenvalue weighted by atomic mass is 10.1. The molecule has 0 aliphatic rings. The molecule has 0 saturated carbocycles. The second kappa shape index (κ2) is 9.95. The van der Waals surface area contributed by atoms with Gasteiger partial charge in [0.2, 0.25) is 0 Å². The van der Waals surface area contributed by atoms with Crippen LogP contribution in [-0.4, -0.2) is 38.8 Å². The summed E-state index contributed by atoms with van der Waals surface area (Å²) in [6.45, 7) is 1.83. The minimum Gasteiger partial charge on any atom is -0.394 e. The molecule has 0 saturated heterocycles. The highest BCUT2D eigenvalue weighted by Gasteiger charge is 2.23. The Morgan fingerprint density at radius 3 is 2.82 bits per heavy atom. The van der Waals surface area contributed by atoms with Crippen LogP contribution in [0.25, 0.3) is 11.0 Å². The zero-order chi connectivity index (χ0) is 23.4. The molecule has 0 aliphatic heterocycles. The molecule has 3 N–H and O–H groups in total. The quantitative estimate of drug-likeness (QED) is 0.266. The van der Waals surface area contributed by atoms with Gasteiger partial charge in [0.25, 0.3) is 5.91 Å². The summed E-state index contributed by atoms with van der Waals surface area (Å²) in [5.41, 5.74) is 4.72. The standard InChI is InChI=1S/C23H21ClFN5O3/c1-14-5-6-18(17(24)10-14)28-21-16(23(32)29-33-9-8-31)11-19-22(20(21)25)27-13-30(19)12-15-4-2-3-7-26-15/h2-7,10-11,13,28,31H,8-9,12H2,1H3,(H,29,32). The lowest BCUT2D eigenvalue weighted by Crippen LogP contribution is -2.26. The molecule has 10 heteroatoms. The van der Waals surface area contributed by atoms with Crippen LogP contribution in [0.2, 0.25) is 5.02 Å². The number of amides is 1. The van der Waals surface area contributed by atoms with Crippen LogP contribution >= 0.6 is 11.6 Å². The number of benzene rings is 2. The van der Waals surface area contributed by atoms with Gasteiger partial charge in [-0.25, -0.2) is 14.9 Å². The van der Waals surface area contributed by atoms with Crippen molar-refractivity contribution in [2.75, 3.05) is 18.5 Å². The van der Waals surface area contributed by atoms with E-state index >= 15 is 4.39 Å². The SMILES string of the molecule is Cc1ccc(Nc2c(C(=O)NOCCO)cc3c(ncn3Cc3ccccn3)c2F)c(Cl)c1. The Hall–Kier alpha value is -3.53. The number of pyridine rings is 1. The third-order valence-corrected chi connectivity index (χ3v) is 5.21. The number of aryl methyl sites for hydroxylation is 1. The van der Waals surface area contributed by atoms with Gasteiger partial charge in [-0.1, -0.05) is 23.7 Å². The Kier molecular flexibility index (Phi) is 6.83. The maximum absolute atomic E-state index is 15.7. The average Bonchev–Trinajstić information content (AvgIpc) is 3.20. The average molecular weight is 470 g/mol. The van der Waals surface area contributed by atoms with Crippen molar-refractivity contribution in [3.8, 4) is 0 Å². The van der Waals surface area contributed by atoms with Crippen molar-refractivity contribution in [3.05, 3.63) is 82.6 Å². The van der Waals surface area contributed by atoms with Gasteiger partial charge in [-0.2, -0.15) is 0 Å². The Morgan fingerprint density at radius 2 is 2.09 bits per heavy atom. The summed E-state index contributed by atoms with van der Waals surface area (Å²) < 4.78 is 17.4. The number of aliphatic hydroxyl groups is 1. The van der Waals surface area contributed by atoms with Gasteiger partial charge in [-0.15, -0.1) is 0 Å². The number of carbonyl (C=O) groups is 1. The Labute approximate surface area is 194 Å². The smallest absolute Gasteiger partial charge is 0.277 e. The fourth-order valence-corrected chi connectivity index (χ4v) is 3.61. The maximum atomic E-state index is 15.7. The van der Waals surface area contributed by atoms with Crippen LogP contribution in [-0.2, 0) is 11.4 Å². The number of rotatable bonds is 8. The van der Waals surface area contributed by atoms with E-state index in [1.807, 2.05) is 25.1 Å². The van der Waals surface area contributed by atoms with E-state index in [4.69, 9.17) is 21.5 Å². The summed E-state index contributed by atoms with van der Waals surface area (Å²) in [6, 6.07) is 12.3. The van der Waals surface area contributed by atoms with Crippen molar-refractivity contribution < 1.29 is 19.1 Å². The maximum Gasteiger partial charge on any atom is 0.277 e. The van der Waals surface area contributed by atoms with Gasteiger partial charge in [0, 0.05) is 6.20 Å². The molecular weight excluding hydrogens is 449 g/mol. The highest BCUT2D eigenvalue weighted by molar-refractivity contribution is 6.33. The number of nitrogens with one attached hydrogen (secondary N) is 2. The van der Waals surface area contributed by atoms with Gasteiger partial charge in [-0.05, 0) is 42.8 Å². The number of nitrogens with zero attached hydrogens (tertiary/aromatic N) is 3. The third-order valence-electron chi connectivity index (χ3n) is 4.90. The summed E-state index contributed by atoms with van der Waals surface area (Å²) in [4.78, 5) is 26.3. The molecule has 2 aromatic carbocycles. The second-order valence-corrected chi connectivity index (χ2v) is 7.69. The molecule has 0 radical (unpaired) electrons. The fraction of sp³-hybridized carbons (Fsp3) is 0.174. The molecule has 0 fully saturated rings. The number of halogens is 2. The van der Waals surface area contributed by atoms with E-state index in [2.05, 4.69) is 20.8 Å². The number of hydroxylamine groups is 1. The van der Waals surface area contributed by atoms with Crippen molar-refractivity contribution in [3.63, 3.8) is 0 Å². The molecule has 8 nitrogen and oxygen atoms in total. The molecule has 33 heavy (non-hydrogen) atoms. The number of imidazole rings is 1. The van der Waals surface area contributed by atoms with Crippen molar-refractivity contribution >= 4 is 39.9 Å². The van der Waals surface area contributed by atoms with Crippen LogP contribution in [0.3, 0.4) is 0 Å². The number of carbonyl (C=O) groups excluding carboxylic acids is 1. The first-order valence-corrected chi connectivity index (χ1v) is 10.5. The normalized spacial score (nSPS) is 11.0. The topological polar surface area (TPSA) is 101 Å². The van der Waals surface area contributed by atoms with Crippen LogP contribution in [0.5, 0.6) is 0 Å². The fourth-order valence-electron chi connectivity index (χ4n) is 3.32. The molecule has 2 heterocycles. The highest BCUT2D eigenvalue weighted by atomic mass is 35.5. The largest absolute Gasteiger partial charge is 0.394 e. The molecule has 0 spiro atoms. The molecule has 0 atom stereocenters. The van der Waals surface area contributed by atoms with Crippen molar-refractivity contribution in [2.45, 2.75) is 13.5 Å². The molecule has 2 aromatic heterocycles. The van der Waals surface area contributed by atoms with E-state index in [1.165, 1.54) is 12.4 Å². The zero-order valence-corrected chi connectivity index (χ0v) is 18.4. The number of aliphatic hydroxyl groups excluding tert-OH is 1. The van der Waals surface area contributed by atoms with Gasteiger partial charge in [0.05, 0.1) is 59.3 Å². The van der Waals surface area contributed by atoms with Crippen molar-refractivity contribution in [1.29, 1.82) is 0 Å². The van der Waals surface area contributed by atoms with Crippen LogP contribution in [0, 0.1) is 12.7 Å². The van der Waals surface area contributed by atoms with Crippen molar-refractivity contribution in [2.24, 2.45) is 0 Å². The van der Waals surface area contributed by atoms with Gasteiger partial charge in [0.15, 0.2) is 5.82 Å². The summed E-state index contributed by atoms with van der Waals surface area (Å²) >= 11 is 6.31. The lowest BCUT2D eigenvalue weighted by molar-refractivity contribution is 0.0169. The van der Waals surface area contributed by atoms with Crippen LogP contribution in [0.4, 0.5) is 15.8 Å². The number of hydrogen-bond acceptors (Lipinski definition) is 6. The van der Waals surface area contributed by atoms with E-state index in [1.54, 1.807) is 29.0 Å². The van der Waals surface area contributed by atoms with Crippen LogP contribution in [0.15, 0.2) is 55.0 Å². The summed E-state index contributed by atoms with van der Waals surface area (Å²) in [6.07, 6.45) is 3.16. The number of hydrogen-bond donors (Lipinski definition) is 3. The number of aromatic nitrogens is 3. The Balaban J connectivity index is 1.79. The minimum absolute atomic E-state index is 0.0163. The zero-order valence-electron chi connectivity index (χ0n) is 17.7. The first-order valence-electron chi connectivity index (χ1n) is 10.1.